The standard InChI is InChI=1S/C7H10N2Se/c1-4-6-5-10-7(8-6)9(2)3/h4-5H,1H2,2-3H3. The first-order valence-electron chi connectivity index (χ1n) is 2.99. The Balaban J connectivity index is 2.88. The molecular weight excluding hydrogens is 191 g/mol. The first-order chi connectivity index (χ1) is 4.74. The number of anilines is 1. The Bertz CT molecular complexity index is 227. The van der Waals surface area contributed by atoms with Crippen LogP contribution < -0.4 is 4.90 Å². The van der Waals surface area contributed by atoms with Crippen molar-refractivity contribution in [3.05, 3.63) is 17.2 Å². The van der Waals surface area contributed by atoms with E-state index in [1.807, 2.05) is 19.0 Å². The van der Waals surface area contributed by atoms with Gasteiger partial charge in [-0.05, 0) is 0 Å². The first-order valence-corrected chi connectivity index (χ1v) is 4.84. The predicted octanol–water partition coefficient (Wildman–Crippen LogP) is 0.848. The Labute approximate surface area is 66.9 Å². The van der Waals surface area contributed by atoms with Crippen molar-refractivity contribution in [2.45, 2.75) is 0 Å². The zero-order chi connectivity index (χ0) is 7.56. The van der Waals surface area contributed by atoms with E-state index in [1.54, 1.807) is 6.08 Å². The SMILES string of the molecule is C=Cc1c[se]c(N(C)C)n1. The van der Waals surface area contributed by atoms with E-state index in [0.29, 0.717) is 14.5 Å². The summed E-state index contributed by atoms with van der Waals surface area (Å²) >= 11 is 0.424. The molecule has 0 fully saturated rings. The number of aromatic nitrogens is 1. The second-order valence-electron chi connectivity index (χ2n) is 2.15. The van der Waals surface area contributed by atoms with Crippen LogP contribution in [0.4, 0.5) is 4.69 Å². The number of rotatable bonds is 2. The van der Waals surface area contributed by atoms with Crippen LogP contribution in [0, 0.1) is 0 Å². The fourth-order valence-corrected chi connectivity index (χ4v) is 2.14. The Hall–Kier alpha value is -0.531. The quantitative estimate of drug-likeness (QED) is 0.659. The molecule has 0 bridgehead atoms. The third-order valence-electron chi connectivity index (χ3n) is 1.10. The minimum absolute atomic E-state index is 0.424. The molecule has 3 heteroatoms. The topological polar surface area (TPSA) is 16.1 Å². The maximum atomic E-state index is 4.32. The van der Waals surface area contributed by atoms with Gasteiger partial charge in [0.15, 0.2) is 0 Å². The van der Waals surface area contributed by atoms with Crippen LogP contribution in [0.3, 0.4) is 0 Å². The average Bonchev–Trinajstić information content (AvgIpc) is 2.34. The zero-order valence-corrected chi connectivity index (χ0v) is 7.88. The van der Waals surface area contributed by atoms with Gasteiger partial charge in [0.2, 0.25) is 0 Å². The van der Waals surface area contributed by atoms with Gasteiger partial charge in [0.25, 0.3) is 0 Å². The van der Waals surface area contributed by atoms with E-state index in [1.165, 1.54) is 4.69 Å². The molecule has 0 unspecified atom stereocenters. The summed E-state index contributed by atoms with van der Waals surface area (Å²) in [7, 11) is 4.03. The monoisotopic (exact) mass is 202 g/mol. The van der Waals surface area contributed by atoms with E-state index in [0.717, 1.165) is 5.69 Å². The molecule has 0 N–H and O–H groups in total. The van der Waals surface area contributed by atoms with Crippen LogP contribution in [-0.4, -0.2) is 33.6 Å². The van der Waals surface area contributed by atoms with Crippen LogP contribution in [0.2, 0.25) is 0 Å². The van der Waals surface area contributed by atoms with Crippen LogP contribution in [0.15, 0.2) is 11.5 Å². The molecule has 0 radical (unpaired) electrons. The molecule has 0 saturated carbocycles. The summed E-state index contributed by atoms with van der Waals surface area (Å²) in [6.45, 7) is 3.65. The van der Waals surface area contributed by atoms with Gasteiger partial charge in [-0.2, -0.15) is 0 Å². The molecule has 0 spiro atoms. The summed E-state index contributed by atoms with van der Waals surface area (Å²) in [6.07, 6.45) is 1.79. The van der Waals surface area contributed by atoms with Crippen molar-refractivity contribution in [1.29, 1.82) is 0 Å². The van der Waals surface area contributed by atoms with Crippen molar-refractivity contribution >= 4 is 25.3 Å². The van der Waals surface area contributed by atoms with E-state index >= 15 is 0 Å². The van der Waals surface area contributed by atoms with Crippen molar-refractivity contribution < 1.29 is 0 Å². The Morgan fingerprint density at radius 1 is 1.70 bits per heavy atom. The van der Waals surface area contributed by atoms with Crippen LogP contribution in [-0.2, 0) is 0 Å². The van der Waals surface area contributed by atoms with Crippen molar-refractivity contribution in [2.75, 3.05) is 19.0 Å². The summed E-state index contributed by atoms with van der Waals surface area (Å²) in [5.74, 6) is 0. The average molecular weight is 201 g/mol. The summed E-state index contributed by atoms with van der Waals surface area (Å²) in [6, 6.07) is 0. The van der Waals surface area contributed by atoms with E-state index in [9.17, 15) is 0 Å². The number of nitrogens with zero attached hydrogens (tertiary/aromatic N) is 2. The molecule has 10 heavy (non-hydrogen) atoms. The molecule has 0 atom stereocenters. The van der Waals surface area contributed by atoms with E-state index in [2.05, 4.69) is 16.5 Å². The fourth-order valence-electron chi connectivity index (χ4n) is 0.575. The Kier molecular flexibility index (Phi) is 2.30. The first kappa shape index (κ1) is 7.58. The summed E-state index contributed by atoms with van der Waals surface area (Å²) in [5, 5.41) is 0. The third-order valence-corrected chi connectivity index (χ3v) is 3.26. The van der Waals surface area contributed by atoms with Gasteiger partial charge < -0.3 is 0 Å². The third kappa shape index (κ3) is 1.49. The van der Waals surface area contributed by atoms with Crippen molar-refractivity contribution in [2.24, 2.45) is 0 Å². The van der Waals surface area contributed by atoms with Gasteiger partial charge in [-0.25, -0.2) is 0 Å². The number of hydrogen-bond acceptors (Lipinski definition) is 2. The van der Waals surface area contributed by atoms with Crippen LogP contribution >= 0.6 is 0 Å². The van der Waals surface area contributed by atoms with Crippen LogP contribution in [0.5, 0.6) is 0 Å². The van der Waals surface area contributed by atoms with Gasteiger partial charge in [-0.1, -0.05) is 0 Å². The molecule has 2 nitrogen and oxygen atoms in total. The van der Waals surface area contributed by atoms with Gasteiger partial charge in [-0.15, -0.1) is 0 Å². The molecule has 1 heterocycles. The Morgan fingerprint density at radius 2 is 2.40 bits per heavy atom. The summed E-state index contributed by atoms with van der Waals surface area (Å²) < 4.78 is 1.17. The van der Waals surface area contributed by atoms with Crippen molar-refractivity contribution in [3.63, 3.8) is 0 Å². The van der Waals surface area contributed by atoms with Crippen LogP contribution in [0.25, 0.3) is 6.08 Å². The molecule has 0 saturated heterocycles. The predicted molar refractivity (Wildman–Crippen MR) is 45.6 cm³/mol. The van der Waals surface area contributed by atoms with Gasteiger partial charge in [0.1, 0.15) is 0 Å². The second-order valence-corrected chi connectivity index (χ2v) is 3.91. The van der Waals surface area contributed by atoms with E-state index < -0.39 is 0 Å². The summed E-state index contributed by atoms with van der Waals surface area (Å²) in [4.78, 5) is 8.50. The number of hydrogen-bond donors (Lipinski definition) is 0. The maximum absolute atomic E-state index is 4.32. The molecule has 0 aromatic carbocycles. The fraction of sp³-hybridized carbons (Fsp3) is 0.286. The minimum atomic E-state index is 0.424. The van der Waals surface area contributed by atoms with Crippen LogP contribution in [0.1, 0.15) is 5.69 Å². The second kappa shape index (κ2) is 3.04. The van der Waals surface area contributed by atoms with E-state index in [4.69, 9.17) is 0 Å². The molecule has 1 aromatic rings. The zero-order valence-electron chi connectivity index (χ0n) is 6.16. The van der Waals surface area contributed by atoms with Crippen molar-refractivity contribution in [1.82, 2.24) is 4.98 Å². The Morgan fingerprint density at radius 3 is 2.70 bits per heavy atom. The molecule has 0 amide bonds. The molecule has 54 valence electrons. The normalized spacial score (nSPS) is 9.40. The molecule has 1 aromatic heterocycles. The molecule has 0 aliphatic heterocycles. The van der Waals surface area contributed by atoms with Gasteiger partial charge in [-0.3, -0.25) is 0 Å². The molecule has 0 aliphatic carbocycles. The molecule has 1 rings (SSSR count). The molecular formula is C7H10N2Se. The van der Waals surface area contributed by atoms with E-state index in [-0.39, 0.29) is 0 Å². The van der Waals surface area contributed by atoms with Gasteiger partial charge >= 0.3 is 66.5 Å². The van der Waals surface area contributed by atoms with Gasteiger partial charge in [0.05, 0.1) is 0 Å². The van der Waals surface area contributed by atoms with Crippen molar-refractivity contribution in [3.8, 4) is 0 Å². The van der Waals surface area contributed by atoms with Gasteiger partial charge in [0, 0.05) is 0 Å². The summed E-state index contributed by atoms with van der Waals surface area (Å²) in [5.41, 5.74) is 1.02. The molecule has 0 aliphatic rings.